The third-order valence-corrected chi connectivity index (χ3v) is 4.67. The molecule has 1 aromatic rings. The van der Waals surface area contributed by atoms with Crippen molar-refractivity contribution in [2.24, 2.45) is 11.1 Å². The molecule has 118 valence electrons. The van der Waals surface area contributed by atoms with E-state index in [0.29, 0.717) is 23.6 Å². The Hall–Kier alpha value is -0.190. The van der Waals surface area contributed by atoms with Crippen molar-refractivity contribution in [2.75, 3.05) is 6.61 Å². The Bertz CT molecular complexity index is 546. The molecule has 0 spiro atoms. The second-order valence-corrected chi connectivity index (χ2v) is 6.87. The number of hydrogen-bond acceptors (Lipinski definition) is 3. The Balaban J connectivity index is 3.08. The third kappa shape index (κ3) is 4.40. The number of nitrogens with two attached hydrogens (primary N) is 1. The van der Waals surface area contributed by atoms with Crippen LogP contribution in [0.5, 0.6) is 0 Å². The molecule has 21 heavy (non-hydrogen) atoms. The van der Waals surface area contributed by atoms with Crippen molar-refractivity contribution >= 4 is 52.4 Å². The second-order valence-electron chi connectivity index (χ2n) is 5.30. The van der Waals surface area contributed by atoms with Gasteiger partial charge in [0.2, 0.25) is 0 Å². The molecule has 0 aromatic heterocycles. The Morgan fingerprint density at radius 2 is 1.81 bits per heavy atom. The smallest absolute Gasteiger partial charge is 0.311 e. The van der Waals surface area contributed by atoms with Crippen LogP contribution >= 0.6 is 46.4 Å². The minimum absolute atomic E-state index is 0.196. The van der Waals surface area contributed by atoms with Gasteiger partial charge in [-0.2, -0.15) is 0 Å². The van der Waals surface area contributed by atoms with Crippen LogP contribution in [0.3, 0.4) is 0 Å². The van der Waals surface area contributed by atoms with E-state index >= 15 is 0 Å². The topological polar surface area (TPSA) is 52.3 Å². The van der Waals surface area contributed by atoms with Crippen LogP contribution in [0.4, 0.5) is 0 Å². The summed E-state index contributed by atoms with van der Waals surface area (Å²) in [4.78, 5) is 11.9. The monoisotopic (exact) mass is 371 g/mol. The summed E-state index contributed by atoms with van der Waals surface area (Å²) in [5.74, 6) is -0.326. The number of rotatable bonds is 5. The van der Waals surface area contributed by atoms with Crippen LogP contribution in [-0.2, 0) is 9.53 Å². The highest BCUT2D eigenvalue weighted by Crippen LogP contribution is 2.42. The highest BCUT2D eigenvalue weighted by Gasteiger charge is 2.33. The quantitative estimate of drug-likeness (QED) is 0.434. The molecule has 0 heterocycles. The van der Waals surface area contributed by atoms with Crippen LogP contribution in [0.15, 0.2) is 6.07 Å². The first-order valence-electron chi connectivity index (χ1n) is 6.37. The number of benzene rings is 1. The van der Waals surface area contributed by atoms with Crippen LogP contribution in [0, 0.1) is 5.41 Å². The maximum Gasteiger partial charge on any atom is 0.311 e. The van der Waals surface area contributed by atoms with E-state index in [-0.39, 0.29) is 21.0 Å². The van der Waals surface area contributed by atoms with E-state index in [4.69, 9.17) is 56.9 Å². The lowest BCUT2D eigenvalue weighted by molar-refractivity contribution is -0.154. The largest absolute Gasteiger partial charge is 0.466 e. The average Bonchev–Trinajstić information content (AvgIpc) is 2.35. The Morgan fingerprint density at radius 3 is 2.33 bits per heavy atom. The van der Waals surface area contributed by atoms with Gasteiger partial charge in [-0.15, -0.1) is 0 Å². The van der Waals surface area contributed by atoms with Gasteiger partial charge in [-0.25, -0.2) is 0 Å². The van der Waals surface area contributed by atoms with E-state index in [1.54, 1.807) is 20.8 Å². The van der Waals surface area contributed by atoms with E-state index < -0.39 is 11.5 Å². The molecule has 1 atom stereocenters. The molecular weight excluding hydrogens is 356 g/mol. The van der Waals surface area contributed by atoms with Gasteiger partial charge in [0, 0.05) is 16.6 Å². The molecule has 0 fully saturated rings. The average molecular weight is 373 g/mol. The van der Waals surface area contributed by atoms with Gasteiger partial charge >= 0.3 is 5.97 Å². The summed E-state index contributed by atoms with van der Waals surface area (Å²) in [6, 6.07) is 0.920. The summed E-state index contributed by atoms with van der Waals surface area (Å²) in [6.07, 6.45) is 0.309. The lowest BCUT2D eigenvalue weighted by atomic mass is 9.84. The second kappa shape index (κ2) is 7.38. The fraction of sp³-hybridized carbons (Fsp3) is 0.500. The van der Waals surface area contributed by atoms with Crippen molar-refractivity contribution in [3.05, 3.63) is 31.7 Å². The predicted molar refractivity (Wildman–Crippen MR) is 88.4 cm³/mol. The fourth-order valence-corrected chi connectivity index (χ4v) is 3.18. The van der Waals surface area contributed by atoms with E-state index in [1.165, 1.54) is 6.07 Å². The molecule has 7 heteroatoms. The normalized spacial score (nSPS) is 13.1. The molecule has 0 aliphatic carbocycles. The van der Waals surface area contributed by atoms with Gasteiger partial charge in [0.15, 0.2) is 0 Å². The molecule has 0 saturated carbocycles. The van der Waals surface area contributed by atoms with Gasteiger partial charge in [0.25, 0.3) is 0 Å². The van der Waals surface area contributed by atoms with Gasteiger partial charge in [-0.05, 0) is 33.3 Å². The number of esters is 1. The van der Waals surface area contributed by atoms with Crippen molar-refractivity contribution in [3.8, 4) is 0 Å². The summed E-state index contributed by atoms with van der Waals surface area (Å²) in [7, 11) is 0. The SMILES string of the molecule is CCOC(=O)C(C)(C)CC(N)c1c(Cl)cc(Cl)c(Cl)c1Cl. The molecule has 0 amide bonds. The van der Waals surface area contributed by atoms with Crippen molar-refractivity contribution in [3.63, 3.8) is 0 Å². The molecule has 0 saturated heterocycles. The zero-order valence-corrected chi connectivity index (χ0v) is 15.0. The first-order valence-corrected chi connectivity index (χ1v) is 7.88. The molecule has 1 rings (SSSR count). The van der Waals surface area contributed by atoms with Gasteiger partial charge in [-0.1, -0.05) is 46.4 Å². The summed E-state index contributed by atoms with van der Waals surface area (Å²) in [5.41, 5.74) is 5.86. The van der Waals surface area contributed by atoms with E-state index in [0.717, 1.165) is 0 Å². The van der Waals surface area contributed by atoms with Crippen molar-refractivity contribution < 1.29 is 9.53 Å². The van der Waals surface area contributed by atoms with E-state index in [2.05, 4.69) is 0 Å². The summed E-state index contributed by atoms with van der Waals surface area (Å²) < 4.78 is 5.04. The molecule has 3 nitrogen and oxygen atoms in total. The molecule has 0 radical (unpaired) electrons. The number of halogens is 4. The zero-order chi connectivity index (χ0) is 16.4. The third-order valence-electron chi connectivity index (χ3n) is 3.08. The van der Waals surface area contributed by atoms with Crippen molar-refractivity contribution in [2.45, 2.75) is 33.2 Å². The number of carbonyl (C=O) groups is 1. The maximum atomic E-state index is 11.9. The Kier molecular flexibility index (Phi) is 6.63. The standard InChI is InChI=1S/C14H17Cl4NO2/c1-4-21-13(20)14(2,3)6-9(19)10-7(15)5-8(16)11(17)12(10)18/h5,9H,4,6,19H2,1-3H3. The van der Waals surface area contributed by atoms with Crippen LogP contribution in [0.2, 0.25) is 20.1 Å². The zero-order valence-electron chi connectivity index (χ0n) is 12.0. The fourth-order valence-electron chi connectivity index (χ4n) is 1.98. The molecule has 1 unspecified atom stereocenters. The first kappa shape index (κ1) is 18.9. The minimum Gasteiger partial charge on any atom is -0.466 e. The number of carbonyl (C=O) groups excluding carboxylic acids is 1. The van der Waals surface area contributed by atoms with Gasteiger partial charge in [0.05, 0.1) is 27.1 Å². The Morgan fingerprint density at radius 1 is 1.24 bits per heavy atom. The van der Waals surface area contributed by atoms with Crippen LogP contribution < -0.4 is 5.73 Å². The van der Waals surface area contributed by atoms with Crippen molar-refractivity contribution in [1.29, 1.82) is 0 Å². The predicted octanol–water partition coefficient (Wildman–Crippen LogP) is 5.28. The lowest BCUT2D eigenvalue weighted by Crippen LogP contribution is -2.31. The first-order chi connectivity index (χ1) is 9.61. The molecule has 1 aromatic carbocycles. The summed E-state index contributed by atoms with van der Waals surface area (Å²) in [6.45, 7) is 5.57. The molecule has 0 aliphatic heterocycles. The Labute approximate surface area is 144 Å². The molecule has 0 bridgehead atoms. The lowest BCUT2D eigenvalue weighted by Gasteiger charge is -2.27. The maximum absolute atomic E-state index is 11.9. The highest BCUT2D eigenvalue weighted by molar-refractivity contribution is 6.49. The van der Waals surface area contributed by atoms with E-state index in [9.17, 15) is 4.79 Å². The summed E-state index contributed by atoms with van der Waals surface area (Å²) in [5, 5.41) is 0.984. The van der Waals surface area contributed by atoms with Crippen molar-refractivity contribution in [1.82, 2.24) is 0 Å². The van der Waals surface area contributed by atoms with Crippen LogP contribution in [0.25, 0.3) is 0 Å². The van der Waals surface area contributed by atoms with E-state index in [1.807, 2.05) is 0 Å². The van der Waals surface area contributed by atoms with Crippen LogP contribution in [0.1, 0.15) is 38.8 Å². The highest BCUT2D eigenvalue weighted by atomic mass is 35.5. The van der Waals surface area contributed by atoms with Gasteiger partial charge < -0.3 is 10.5 Å². The molecule has 0 aliphatic rings. The molecular formula is C14H17Cl4NO2. The van der Waals surface area contributed by atoms with Gasteiger partial charge in [-0.3, -0.25) is 4.79 Å². The van der Waals surface area contributed by atoms with Gasteiger partial charge in [0.1, 0.15) is 0 Å². The van der Waals surface area contributed by atoms with Crippen LogP contribution in [-0.4, -0.2) is 12.6 Å². The molecule has 2 N–H and O–H groups in total. The number of hydrogen-bond donors (Lipinski definition) is 1. The summed E-state index contributed by atoms with van der Waals surface area (Å²) >= 11 is 24.2. The number of ether oxygens (including phenoxy) is 1. The minimum atomic E-state index is -0.770.